The van der Waals surface area contributed by atoms with Gasteiger partial charge in [0.15, 0.2) is 17.4 Å². The van der Waals surface area contributed by atoms with Crippen LogP contribution >= 0.6 is 0 Å². The van der Waals surface area contributed by atoms with Crippen LogP contribution in [0.3, 0.4) is 0 Å². The van der Waals surface area contributed by atoms with Crippen LogP contribution in [-0.4, -0.2) is 27.3 Å². The lowest BCUT2D eigenvalue weighted by atomic mass is 10.3. The zero-order valence-electron chi connectivity index (χ0n) is 5.36. The molecule has 0 amide bonds. The molecule has 0 spiro atoms. The van der Waals surface area contributed by atoms with E-state index in [1.54, 1.807) is 12.4 Å². The number of nitrogens with zero attached hydrogens (tertiary/aromatic N) is 2. The van der Waals surface area contributed by atoms with E-state index in [1.165, 1.54) is 0 Å². The zero-order chi connectivity index (χ0) is 6.81. The smallest absolute Gasteiger partial charge is 0.187 e. The molecule has 0 aliphatic heterocycles. The molecule has 0 unspecified atom stereocenters. The largest absolute Gasteiger partial charge is 0.253 e. The summed E-state index contributed by atoms with van der Waals surface area (Å²) in [5.41, 5.74) is 1.90. The molecule has 0 aliphatic rings. The third kappa shape index (κ3) is 1.57. The first-order chi connectivity index (χ1) is 4.97. The number of fused-ring (bicyclic) bond motifs is 1. The maximum atomic E-state index is 4.12. The third-order valence-corrected chi connectivity index (χ3v) is 1.38. The lowest BCUT2D eigenvalue weighted by Gasteiger charge is -1.90. The fraction of sp³-hybridized carbons (Fsp3) is 0. The van der Waals surface area contributed by atoms with Gasteiger partial charge in [-0.05, 0) is 12.1 Å². The van der Waals surface area contributed by atoms with Gasteiger partial charge in [-0.2, -0.15) is 0 Å². The van der Waals surface area contributed by atoms with E-state index in [-0.39, 0.29) is 17.4 Å². The Kier molecular flexibility index (Phi) is 2.59. The van der Waals surface area contributed by atoms with Gasteiger partial charge in [0, 0.05) is 12.4 Å². The normalized spacial score (nSPS) is 9.09. The summed E-state index contributed by atoms with van der Waals surface area (Å²) in [6.45, 7) is 0. The van der Waals surface area contributed by atoms with Gasteiger partial charge < -0.3 is 0 Å². The average Bonchev–Trinajstić information content (AvgIpc) is 2.05. The molecule has 0 N–H and O–H groups in total. The highest BCUT2D eigenvalue weighted by molar-refractivity contribution is 5.75. The molecule has 1 aromatic heterocycles. The number of hydrogen-bond donors (Lipinski definition) is 0. The highest BCUT2D eigenvalue weighted by atomic mass is 27.0. The molecule has 0 saturated carbocycles. The van der Waals surface area contributed by atoms with E-state index in [4.69, 9.17) is 0 Å². The van der Waals surface area contributed by atoms with Crippen molar-refractivity contribution in [2.75, 3.05) is 0 Å². The topological polar surface area (TPSA) is 25.8 Å². The number of para-hydroxylation sites is 2. The first-order valence-corrected chi connectivity index (χ1v) is 3.12. The highest BCUT2D eigenvalue weighted by Crippen LogP contribution is 2.04. The van der Waals surface area contributed by atoms with Gasteiger partial charge in [-0.15, -0.1) is 0 Å². The molecule has 0 aliphatic carbocycles. The van der Waals surface area contributed by atoms with E-state index in [1.807, 2.05) is 24.3 Å². The van der Waals surface area contributed by atoms with Crippen molar-refractivity contribution in [1.29, 1.82) is 0 Å². The van der Waals surface area contributed by atoms with E-state index < -0.39 is 0 Å². The van der Waals surface area contributed by atoms with Crippen molar-refractivity contribution in [3.05, 3.63) is 36.7 Å². The summed E-state index contributed by atoms with van der Waals surface area (Å²) in [5.74, 6) is 0. The molecular formula is C8H9AlN2. The highest BCUT2D eigenvalue weighted by Gasteiger charge is 1.88. The van der Waals surface area contributed by atoms with Crippen LogP contribution in [0.5, 0.6) is 0 Å². The maximum Gasteiger partial charge on any atom is 0.187 e. The van der Waals surface area contributed by atoms with E-state index in [0.717, 1.165) is 11.0 Å². The van der Waals surface area contributed by atoms with Crippen LogP contribution in [0, 0.1) is 0 Å². The fourth-order valence-corrected chi connectivity index (χ4v) is 0.910. The summed E-state index contributed by atoms with van der Waals surface area (Å²) in [4.78, 5) is 8.24. The Morgan fingerprint density at radius 2 is 1.27 bits per heavy atom. The molecule has 0 atom stereocenters. The molecule has 2 nitrogen and oxygen atoms in total. The van der Waals surface area contributed by atoms with Crippen LogP contribution in [0.1, 0.15) is 0 Å². The van der Waals surface area contributed by atoms with E-state index >= 15 is 0 Å². The lowest BCUT2D eigenvalue weighted by Crippen LogP contribution is -1.78. The van der Waals surface area contributed by atoms with Crippen molar-refractivity contribution < 1.29 is 0 Å². The van der Waals surface area contributed by atoms with Gasteiger partial charge in [0.25, 0.3) is 0 Å². The summed E-state index contributed by atoms with van der Waals surface area (Å²) >= 11 is 0. The third-order valence-electron chi connectivity index (χ3n) is 1.38. The average molecular weight is 160 g/mol. The number of benzene rings is 1. The minimum Gasteiger partial charge on any atom is -0.253 e. The Morgan fingerprint density at radius 1 is 0.818 bits per heavy atom. The SMILES string of the molecule is [AlH3].c1ccc2nccnc2c1. The molecule has 3 heteroatoms. The molecule has 11 heavy (non-hydrogen) atoms. The van der Waals surface area contributed by atoms with Gasteiger partial charge in [-0.3, -0.25) is 9.97 Å². The summed E-state index contributed by atoms with van der Waals surface area (Å²) < 4.78 is 0. The van der Waals surface area contributed by atoms with Crippen LogP contribution in [0.15, 0.2) is 36.7 Å². The van der Waals surface area contributed by atoms with Crippen molar-refractivity contribution in [3.8, 4) is 0 Å². The van der Waals surface area contributed by atoms with Gasteiger partial charge in [0.05, 0.1) is 11.0 Å². The van der Waals surface area contributed by atoms with E-state index in [2.05, 4.69) is 9.97 Å². The van der Waals surface area contributed by atoms with Gasteiger partial charge in [0.1, 0.15) is 0 Å². The second-order valence-corrected chi connectivity index (χ2v) is 2.05. The second kappa shape index (κ2) is 3.47. The van der Waals surface area contributed by atoms with Crippen molar-refractivity contribution in [2.45, 2.75) is 0 Å². The first-order valence-electron chi connectivity index (χ1n) is 3.12. The van der Waals surface area contributed by atoms with Gasteiger partial charge in [-0.1, -0.05) is 12.1 Å². The van der Waals surface area contributed by atoms with Crippen LogP contribution in [-0.2, 0) is 0 Å². The van der Waals surface area contributed by atoms with Crippen molar-refractivity contribution >= 4 is 28.4 Å². The zero-order valence-corrected chi connectivity index (χ0v) is 5.36. The molecule has 2 aromatic rings. The van der Waals surface area contributed by atoms with Gasteiger partial charge in [-0.25, -0.2) is 0 Å². The van der Waals surface area contributed by atoms with Crippen molar-refractivity contribution in [3.63, 3.8) is 0 Å². The second-order valence-electron chi connectivity index (χ2n) is 2.05. The van der Waals surface area contributed by atoms with Crippen LogP contribution < -0.4 is 0 Å². The summed E-state index contributed by atoms with van der Waals surface area (Å²) in [6, 6.07) is 7.80. The number of hydrogen-bond acceptors (Lipinski definition) is 2. The quantitative estimate of drug-likeness (QED) is 0.523. The van der Waals surface area contributed by atoms with Gasteiger partial charge in [0.2, 0.25) is 0 Å². The monoisotopic (exact) mass is 160 g/mol. The number of aromatic nitrogens is 2. The van der Waals surface area contributed by atoms with Crippen molar-refractivity contribution in [2.24, 2.45) is 0 Å². The fourth-order valence-electron chi connectivity index (χ4n) is 0.910. The minimum atomic E-state index is 0. The van der Waals surface area contributed by atoms with E-state index in [9.17, 15) is 0 Å². The Hall–Kier alpha value is -0.908. The van der Waals surface area contributed by atoms with Crippen LogP contribution in [0.2, 0.25) is 0 Å². The first kappa shape index (κ1) is 8.19. The summed E-state index contributed by atoms with van der Waals surface area (Å²) in [7, 11) is 0. The maximum absolute atomic E-state index is 4.12. The molecule has 54 valence electrons. The number of rotatable bonds is 0. The Bertz CT molecular complexity index is 283. The lowest BCUT2D eigenvalue weighted by molar-refractivity contribution is 1.29. The molecule has 1 aromatic carbocycles. The predicted molar refractivity (Wildman–Crippen MR) is 49.5 cm³/mol. The van der Waals surface area contributed by atoms with Crippen molar-refractivity contribution in [1.82, 2.24) is 9.97 Å². The van der Waals surface area contributed by atoms with E-state index in [0.29, 0.717) is 0 Å². The molecule has 0 fully saturated rings. The summed E-state index contributed by atoms with van der Waals surface area (Å²) in [5, 5.41) is 0. The standard InChI is InChI=1S/C8H6N2.Al.3H/c1-2-4-8-7(3-1)9-5-6-10-8;;;;/h1-6H;;;;. The van der Waals surface area contributed by atoms with Crippen LogP contribution in [0.4, 0.5) is 0 Å². The molecule has 2 rings (SSSR count). The van der Waals surface area contributed by atoms with Gasteiger partial charge >= 0.3 is 0 Å². The Labute approximate surface area is 75.4 Å². The Balaban J connectivity index is 0.000000605. The molecule has 1 heterocycles. The van der Waals surface area contributed by atoms with Crippen LogP contribution in [0.25, 0.3) is 11.0 Å². The molecular weight excluding hydrogens is 151 g/mol. The molecule has 0 saturated heterocycles. The molecule has 0 radical (unpaired) electrons. The summed E-state index contributed by atoms with van der Waals surface area (Å²) in [6.07, 6.45) is 3.39. The molecule has 0 bridgehead atoms. The minimum absolute atomic E-state index is 0. The Morgan fingerprint density at radius 3 is 1.73 bits per heavy atom. The predicted octanol–water partition coefficient (Wildman–Crippen LogP) is 0.446.